The number of carbonyl (C=O) groups is 1. The van der Waals surface area contributed by atoms with Crippen molar-refractivity contribution in [2.24, 2.45) is 10.9 Å². The highest BCUT2D eigenvalue weighted by molar-refractivity contribution is 14.0. The Balaban J connectivity index is 0.00000576. The molecule has 25 heavy (non-hydrogen) atoms. The molecule has 1 heterocycles. The SMILES string of the molecule is CN=C(NCCC(=O)NC1CCS(=O)(=O)C1)NC(C)CCC(C)C.I. The number of nitrogens with one attached hydrogen (secondary N) is 3. The van der Waals surface area contributed by atoms with Gasteiger partial charge in [0.25, 0.3) is 0 Å². The second-order valence-corrected chi connectivity index (χ2v) is 9.16. The first-order chi connectivity index (χ1) is 11.2. The molecular weight excluding hydrogens is 455 g/mol. The molecule has 2 atom stereocenters. The first kappa shape index (κ1) is 24.4. The average molecular weight is 488 g/mol. The number of rotatable bonds is 8. The number of hydrogen-bond donors (Lipinski definition) is 3. The van der Waals surface area contributed by atoms with E-state index >= 15 is 0 Å². The van der Waals surface area contributed by atoms with E-state index in [-0.39, 0.29) is 53.9 Å². The summed E-state index contributed by atoms with van der Waals surface area (Å²) in [4.78, 5) is 16.0. The maximum atomic E-state index is 11.9. The number of hydrogen-bond acceptors (Lipinski definition) is 4. The van der Waals surface area contributed by atoms with E-state index in [0.29, 0.717) is 30.9 Å². The van der Waals surface area contributed by atoms with Gasteiger partial charge in [-0.1, -0.05) is 13.8 Å². The maximum absolute atomic E-state index is 11.9. The molecule has 0 saturated carbocycles. The molecule has 1 amide bonds. The standard InChI is InChI=1S/C16H32N4O3S.HI/c1-12(2)5-6-13(3)19-16(17-4)18-9-7-15(21)20-14-8-10-24(22,23)11-14;/h12-14H,5-11H2,1-4H3,(H,20,21)(H2,17,18,19);1H. The lowest BCUT2D eigenvalue weighted by molar-refractivity contribution is -0.121. The number of halogens is 1. The second-order valence-electron chi connectivity index (χ2n) is 6.93. The number of nitrogens with zero attached hydrogens (tertiary/aromatic N) is 1. The van der Waals surface area contributed by atoms with Crippen LogP contribution in [-0.2, 0) is 14.6 Å². The van der Waals surface area contributed by atoms with Crippen LogP contribution in [0, 0.1) is 5.92 Å². The van der Waals surface area contributed by atoms with Gasteiger partial charge in [-0.25, -0.2) is 8.42 Å². The van der Waals surface area contributed by atoms with E-state index in [9.17, 15) is 13.2 Å². The van der Waals surface area contributed by atoms with Crippen molar-refractivity contribution in [2.45, 2.75) is 58.5 Å². The predicted octanol–water partition coefficient (Wildman–Crippen LogP) is 1.29. The molecule has 7 nitrogen and oxygen atoms in total. The Morgan fingerprint density at radius 1 is 1.24 bits per heavy atom. The van der Waals surface area contributed by atoms with E-state index in [0.717, 1.165) is 12.8 Å². The summed E-state index contributed by atoms with van der Waals surface area (Å²) < 4.78 is 22.7. The molecule has 0 aromatic heterocycles. The van der Waals surface area contributed by atoms with Gasteiger partial charge in [0.05, 0.1) is 11.5 Å². The van der Waals surface area contributed by atoms with Crippen LogP contribution < -0.4 is 16.0 Å². The number of sulfone groups is 1. The molecule has 1 saturated heterocycles. The van der Waals surface area contributed by atoms with E-state index in [1.54, 1.807) is 7.05 Å². The number of amides is 1. The van der Waals surface area contributed by atoms with Crippen LogP contribution in [0.2, 0.25) is 0 Å². The normalized spacial score (nSPS) is 20.7. The molecule has 0 bridgehead atoms. The van der Waals surface area contributed by atoms with Crippen LogP contribution in [-0.4, -0.2) is 57.5 Å². The monoisotopic (exact) mass is 488 g/mol. The smallest absolute Gasteiger partial charge is 0.222 e. The van der Waals surface area contributed by atoms with Crippen LogP contribution in [0.3, 0.4) is 0 Å². The summed E-state index contributed by atoms with van der Waals surface area (Å²) in [6, 6.07) is 0.0760. The molecular formula is C16H33IN4O3S. The summed E-state index contributed by atoms with van der Waals surface area (Å²) in [7, 11) is -1.26. The highest BCUT2D eigenvalue weighted by atomic mass is 127. The topological polar surface area (TPSA) is 99.7 Å². The van der Waals surface area contributed by atoms with Crippen LogP contribution in [0.4, 0.5) is 0 Å². The fourth-order valence-electron chi connectivity index (χ4n) is 2.59. The molecule has 1 aliphatic rings. The Bertz CT molecular complexity index is 537. The fraction of sp³-hybridized carbons (Fsp3) is 0.875. The van der Waals surface area contributed by atoms with Gasteiger partial charge in [0.2, 0.25) is 5.91 Å². The van der Waals surface area contributed by atoms with Gasteiger partial charge in [0.1, 0.15) is 0 Å². The molecule has 3 N–H and O–H groups in total. The van der Waals surface area contributed by atoms with Crippen molar-refractivity contribution in [3.63, 3.8) is 0 Å². The van der Waals surface area contributed by atoms with Crippen molar-refractivity contribution in [1.82, 2.24) is 16.0 Å². The first-order valence-electron chi connectivity index (χ1n) is 8.69. The van der Waals surface area contributed by atoms with Gasteiger partial charge < -0.3 is 16.0 Å². The molecule has 0 aromatic rings. The zero-order valence-corrected chi connectivity index (χ0v) is 18.8. The molecule has 0 spiro atoms. The molecule has 0 aliphatic carbocycles. The Morgan fingerprint density at radius 3 is 2.44 bits per heavy atom. The molecule has 148 valence electrons. The van der Waals surface area contributed by atoms with E-state index in [1.807, 2.05) is 0 Å². The predicted molar refractivity (Wildman–Crippen MR) is 113 cm³/mol. The van der Waals surface area contributed by atoms with E-state index in [4.69, 9.17) is 0 Å². The van der Waals surface area contributed by atoms with E-state index < -0.39 is 9.84 Å². The summed E-state index contributed by atoms with van der Waals surface area (Å²) in [5.41, 5.74) is 0. The van der Waals surface area contributed by atoms with Crippen molar-refractivity contribution in [3.05, 3.63) is 0 Å². The lowest BCUT2D eigenvalue weighted by Crippen LogP contribution is -2.44. The summed E-state index contributed by atoms with van der Waals surface area (Å²) in [6.07, 6.45) is 3.02. The summed E-state index contributed by atoms with van der Waals surface area (Å²) >= 11 is 0. The minimum Gasteiger partial charge on any atom is -0.356 e. The highest BCUT2D eigenvalue weighted by Crippen LogP contribution is 2.11. The minimum atomic E-state index is -2.96. The molecule has 0 aromatic carbocycles. The molecule has 0 radical (unpaired) electrons. The Kier molecular flexibility index (Phi) is 11.6. The molecule has 9 heteroatoms. The molecule has 1 aliphatic heterocycles. The van der Waals surface area contributed by atoms with Crippen LogP contribution in [0.25, 0.3) is 0 Å². The molecule has 1 fully saturated rings. The Morgan fingerprint density at radius 2 is 1.92 bits per heavy atom. The number of guanidine groups is 1. The van der Waals surface area contributed by atoms with Gasteiger partial charge in [-0.15, -0.1) is 24.0 Å². The quantitative estimate of drug-likeness (QED) is 0.272. The average Bonchev–Trinajstić information content (AvgIpc) is 2.82. The lowest BCUT2D eigenvalue weighted by atomic mass is 10.0. The van der Waals surface area contributed by atoms with E-state index in [2.05, 4.69) is 41.7 Å². The number of carbonyl (C=O) groups excluding carboxylic acids is 1. The lowest BCUT2D eigenvalue weighted by Gasteiger charge is -2.19. The van der Waals surface area contributed by atoms with E-state index in [1.165, 1.54) is 0 Å². The largest absolute Gasteiger partial charge is 0.356 e. The Hall–Kier alpha value is -0.580. The third-order valence-electron chi connectivity index (χ3n) is 4.03. The first-order valence-corrected chi connectivity index (χ1v) is 10.5. The Labute approximate surface area is 169 Å². The maximum Gasteiger partial charge on any atom is 0.222 e. The summed E-state index contributed by atoms with van der Waals surface area (Å²) in [5.74, 6) is 1.45. The van der Waals surface area contributed by atoms with Gasteiger partial charge >= 0.3 is 0 Å². The third kappa shape index (κ3) is 10.9. The second kappa shape index (κ2) is 11.9. The minimum absolute atomic E-state index is 0. The van der Waals surface area contributed by atoms with Crippen molar-refractivity contribution in [1.29, 1.82) is 0 Å². The van der Waals surface area contributed by atoms with Gasteiger partial charge in [-0.05, 0) is 32.1 Å². The zero-order chi connectivity index (χ0) is 18.2. The van der Waals surface area contributed by atoms with Crippen molar-refractivity contribution in [2.75, 3.05) is 25.1 Å². The molecule has 2 unspecified atom stereocenters. The van der Waals surface area contributed by atoms with Crippen LogP contribution in [0.1, 0.15) is 46.5 Å². The fourth-order valence-corrected chi connectivity index (χ4v) is 4.26. The van der Waals surface area contributed by atoms with Gasteiger partial charge in [0.15, 0.2) is 15.8 Å². The van der Waals surface area contributed by atoms with Crippen LogP contribution in [0.15, 0.2) is 4.99 Å². The summed E-state index contributed by atoms with van der Waals surface area (Å²) in [5, 5.41) is 9.21. The van der Waals surface area contributed by atoms with Gasteiger partial charge in [0, 0.05) is 32.1 Å². The van der Waals surface area contributed by atoms with Crippen LogP contribution in [0.5, 0.6) is 0 Å². The molecule has 1 rings (SSSR count). The van der Waals surface area contributed by atoms with Gasteiger partial charge in [-0.3, -0.25) is 9.79 Å². The van der Waals surface area contributed by atoms with Crippen molar-refractivity contribution in [3.8, 4) is 0 Å². The highest BCUT2D eigenvalue weighted by Gasteiger charge is 2.28. The van der Waals surface area contributed by atoms with Gasteiger partial charge in [-0.2, -0.15) is 0 Å². The number of aliphatic imine (C=N–C) groups is 1. The zero-order valence-electron chi connectivity index (χ0n) is 15.7. The summed E-state index contributed by atoms with van der Waals surface area (Å²) in [6.45, 7) is 6.98. The van der Waals surface area contributed by atoms with Crippen molar-refractivity contribution >= 4 is 45.7 Å². The van der Waals surface area contributed by atoms with Crippen molar-refractivity contribution < 1.29 is 13.2 Å². The van der Waals surface area contributed by atoms with Crippen LogP contribution >= 0.6 is 24.0 Å². The third-order valence-corrected chi connectivity index (χ3v) is 5.79.